The molecule has 0 bridgehead atoms. The minimum absolute atomic E-state index is 0.266. The van der Waals surface area contributed by atoms with Crippen molar-refractivity contribution in [1.29, 1.82) is 0 Å². The normalized spacial score (nSPS) is 12.2. The number of benzene rings is 2. The lowest BCUT2D eigenvalue weighted by Crippen LogP contribution is -2.40. The molecule has 0 fully saturated rings. The average molecular weight is 711 g/mol. The van der Waals surface area contributed by atoms with E-state index < -0.39 is 0 Å². The highest BCUT2D eigenvalue weighted by Gasteiger charge is 2.32. The van der Waals surface area contributed by atoms with Gasteiger partial charge in [-0.1, -0.05) is 191 Å². The average Bonchev–Trinajstić information content (AvgIpc) is 3.16. The van der Waals surface area contributed by atoms with E-state index >= 15 is 0 Å². The number of rotatable bonds is 36. The van der Waals surface area contributed by atoms with Crippen LogP contribution in [-0.4, -0.2) is 50.8 Å². The van der Waals surface area contributed by atoms with E-state index in [0.717, 1.165) is 25.7 Å². The third kappa shape index (κ3) is 22.1. The molecule has 0 saturated heterocycles. The van der Waals surface area contributed by atoms with Gasteiger partial charge >= 0.3 is 0 Å². The summed E-state index contributed by atoms with van der Waals surface area (Å²) in [7, 11) is 0. The molecule has 292 valence electrons. The topological polar surface area (TPSA) is 46.2 Å². The summed E-state index contributed by atoms with van der Waals surface area (Å²) < 4.78 is 32.6. The fraction of sp³-hybridized carbons (Fsp3) is 0.739. The van der Waals surface area contributed by atoms with Crippen LogP contribution in [0.15, 0.2) is 60.7 Å². The lowest BCUT2D eigenvalue weighted by molar-refractivity contribution is -0.137. The summed E-state index contributed by atoms with van der Waals surface area (Å²) in [4.78, 5) is 0. The van der Waals surface area contributed by atoms with Gasteiger partial charge in [0.1, 0.15) is 0 Å². The summed E-state index contributed by atoms with van der Waals surface area (Å²) in [5.74, 6) is 0. The molecule has 0 N–H and O–H groups in total. The summed E-state index contributed by atoms with van der Waals surface area (Å²) in [5.41, 5.74) is 1.89. The van der Waals surface area contributed by atoms with Crippen molar-refractivity contribution in [2.75, 3.05) is 39.6 Å². The Morgan fingerprint density at radius 2 is 0.706 bits per heavy atom. The molecule has 51 heavy (non-hydrogen) atoms. The standard InChI is InChI=1S/C46H78O5/c1-5-9-13-23-31-45(32-24-14-10-6-2,41-48-39-43-27-19-17-20-28-43)50-37-35-47-36-38-51-46(33-25-15-11-7-3,34-26-16-12-8-4)42-49-40-44-29-21-18-22-30-44/h17-22,27-30H,5-16,23-26,31-42H2,1-4H3. The van der Waals surface area contributed by atoms with Gasteiger partial charge in [-0.3, -0.25) is 0 Å². The van der Waals surface area contributed by atoms with E-state index in [1.807, 2.05) is 0 Å². The van der Waals surface area contributed by atoms with Crippen LogP contribution in [0.25, 0.3) is 0 Å². The molecule has 5 nitrogen and oxygen atoms in total. The van der Waals surface area contributed by atoms with Crippen molar-refractivity contribution >= 4 is 0 Å². The molecule has 2 aromatic carbocycles. The molecule has 5 heteroatoms. The molecule has 0 spiro atoms. The number of hydrogen-bond acceptors (Lipinski definition) is 5. The largest absolute Gasteiger partial charge is 0.377 e. The Kier molecular flexibility index (Phi) is 27.3. The van der Waals surface area contributed by atoms with Gasteiger partial charge in [-0.2, -0.15) is 0 Å². The van der Waals surface area contributed by atoms with Gasteiger partial charge in [0.2, 0.25) is 0 Å². The van der Waals surface area contributed by atoms with Gasteiger partial charge in [-0.15, -0.1) is 0 Å². The van der Waals surface area contributed by atoms with Gasteiger partial charge in [0.25, 0.3) is 0 Å². The third-order valence-electron chi connectivity index (χ3n) is 10.2. The van der Waals surface area contributed by atoms with Gasteiger partial charge in [0.05, 0.1) is 64.1 Å². The van der Waals surface area contributed by atoms with Crippen molar-refractivity contribution < 1.29 is 23.7 Å². The van der Waals surface area contributed by atoms with Gasteiger partial charge in [-0.25, -0.2) is 0 Å². The highest BCUT2D eigenvalue weighted by atomic mass is 16.6. The molecule has 0 saturated carbocycles. The van der Waals surface area contributed by atoms with Gasteiger partial charge in [0.15, 0.2) is 0 Å². The monoisotopic (exact) mass is 711 g/mol. The molecule has 0 atom stereocenters. The molecule has 0 aromatic heterocycles. The van der Waals surface area contributed by atoms with Crippen LogP contribution in [0.3, 0.4) is 0 Å². The molecular weight excluding hydrogens is 633 g/mol. The van der Waals surface area contributed by atoms with Crippen LogP contribution in [-0.2, 0) is 36.9 Å². The smallest absolute Gasteiger partial charge is 0.0916 e. The molecule has 0 aliphatic heterocycles. The second kappa shape index (κ2) is 30.7. The van der Waals surface area contributed by atoms with Crippen molar-refractivity contribution in [1.82, 2.24) is 0 Å². The highest BCUT2D eigenvalue weighted by molar-refractivity contribution is 5.14. The van der Waals surface area contributed by atoms with E-state index in [1.165, 1.54) is 114 Å². The quantitative estimate of drug-likeness (QED) is 0.0659. The zero-order chi connectivity index (χ0) is 36.6. The molecule has 2 rings (SSSR count). The van der Waals surface area contributed by atoms with Crippen LogP contribution in [0, 0.1) is 0 Å². The van der Waals surface area contributed by atoms with Crippen molar-refractivity contribution in [3.8, 4) is 0 Å². The number of unbranched alkanes of at least 4 members (excludes halogenated alkanes) is 12. The summed E-state index contributed by atoms with van der Waals surface area (Å²) in [6, 6.07) is 21.0. The van der Waals surface area contributed by atoms with Crippen LogP contribution in [0.2, 0.25) is 0 Å². The molecule has 0 amide bonds. The van der Waals surface area contributed by atoms with Gasteiger partial charge < -0.3 is 23.7 Å². The van der Waals surface area contributed by atoms with Crippen LogP contribution in [0.1, 0.15) is 167 Å². The van der Waals surface area contributed by atoms with Gasteiger partial charge in [-0.05, 0) is 36.8 Å². The minimum Gasteiger partial charge on any atom is -0.377 e. The Morgan fingerprint density at radius 1 is 0.373 bits per heavy atom. The van der Waals surface area contributed by atoms with Crippen LogP contribution < -0.4 is 0 Å². The predicted octanol–water partition coefficient (Wildman–Crippen LogP) is 12.8. The molecule has 0 unspecified atom stereocenters. The Bertz CT molecular complexity index is 907. The zero-order valence-corrected chi connectivity index (χ0v) is 33.6. The summed E-state index contributed by atoms with van der Waals surface area (Å²) >= 11 is 0. The fourth-order valence-electron chi connectivity index (χ4n) is 7.00. The summed E-state index contributed by atoms with van der Waals surface area (Å²) in [6.45, 7) is 13.9. The van der Waals surface area contributed by atoms with Crippen molar-refractivity contribution in [3.05, 3.63) is 71.8 Å². The van der Waals surface area contributed by atoms with Crippen LogP contribution in [0.4, 0.5) is 0 Å². The molecule has 0 aliphatic carbocycles. The van der Waals surface area contributed by atoms with Gasteiger partial charge in [0, 0.05) is 0 Å². The molecular formula is C46H78O5. The first-order chi connectivity index (χ1) is 25.1. The van der Waals surface area contributed by atoms with Crippen molar-refractivity contribution in [2.45, 2.75) is 181 Å². The van der Waals surface area contributed by atoms with E-state index in [2.05, 4.69) is 88.4 Å². The van der Waals surface area contributed by atoms with Crippen molar-refractivity contribution in [3.63, 3.8) is 0 Å². The van der Waals surface area contributed by atoms with E-state index in [1.54, 1.807) is 0 Å². The lowest BCUT2D eigenvalue weighted by atomic mass is 9.90. The fourth-order valence-corrected chi connectivity index (χ4v) is 7.00. The maximum absolute atomic E-state index is 6.81. The molecule has 0 heterocycles. The Labute approximate surface area is 314 Å². The Balaban J connectivity index is 1.98. The summed E-state index contributed by atoms with van der Waals surface area (Å²) in [5, 5.41) is 0. The van der Waals surface area contributed by atoms with Crippen LogP contribution in [0.5, 0.6) is 0 Å². The van der Waals surface area contributed by atoms with Crippen molar-refractivity contribution in [2.24, 2.45) is 0 Å². The predicted molar refractivity (Wildman–Crippen MR) is 215 cm³/mol. The SMILES string of the molecule is CCCCCCC(CCCCCC)(COCc1ccccc1)OCCOCCOC(CCCCCC)(CCCCCC)COCc1ccccc1. The first-order valence-corrected chi connectivity index (χ1v) is 21.2. The van der Waals surface area contributed by atoms with E-state index in [9.17, 15) is 0 Å². The molecule has 2 aromatic rings. The first-order valence-electron chi connectivity index (χ1n) is 21.2. The Morgan fingerprint density at radius 3 is 1.02 bits per heavy atom. The molecule has 0 aliphatic rings. The van der Waals surface area contributed by atoms with E-state index in [0.29, 0.717) is 52.9 Å². The molecule has 0 radical (unpaired) electrons. The second-order valence-corrected chi connectivity index (χ2v) is 14.9. The lowest BCUT2D eigenvalue weighted by Gasteiger charge is -2.35. The third-order valence-corrected chi connectivity index (χ3v) is 10.2. The van der Waals surface area contributed by atoms with E-state index in [4.69, 9.17) is 23.7 Å². The first kappa shape index (κ1) is 45.4. The van der Waals surface area contributed by atoms with Crippen LogP contribution >= 0.6 is 0 Å². The number of ether oxygens (including phenoxy) is 5. The maximum atomic E-state index is 6.81. The number of hydrogen-bond donors (Lipinski definition) is 0. The van der Waals surface area contributed by atoms with E-state index in [-0.39, 0.29) is 11.2 Å². The second-order valence-electron chi connectivity index (χ2n) is 14.9. The zero-order valence-electron chi connectivity index (χ0n) is 33.6. The highest BCUT2D eigenvalue weighted by Crippen LogP contribution is 2.30. The Hall–Kier alpha value is -1.76. The maximum Gasteiger partial charge on any atom is 0.0916 e. The summed E-state index contributed by atoms with van der Waals surface area (Å²) in [6.07, 6.45) is 23.9. The minimum atomic E-state index is -0.266.